The van der Waals surface area contributed by atoms with Crippen molar-refractivity contribution in [2.45, 2.75) is 49.8 Å². The van der Waals surface area contributed by atoms with Gasteiger partial charge in [-0.15, -0.1) is 11.8 Å². The molecule has 1 aliphatic rings. The average Bonchev–Trinajstić information content (AvgIpc) is 2.55. The topological polar surface area (TPSA) is 75.4 Å². The summed E-state index contributed by atoms with van der Waals surface area (Å²) in [7, 11) is 0. The Hall–Kier alpha value is -1.69. The van der Waals surface area contributed by atoms with Crippen molar-refractivity contribution in [1.29, 1.82) is 0 Å². The summed E-state index contributed by atoms with van der Waals surface area (Å²) in [5.74, 6) is -0.182. The molecule has 1 fully saturated rings. The number of primary amides is 1. The maximum Gasteiger partial charge on any atom is 0.314 e. The van der Waals surface area contributed by atoms with Crippen LogP contribution in [-0.2, 0) is 4.79 Å². The van der Waals surface area contributed by atoms with Crippen molar-refractivity contribution >= 4 is 23.7 Å². The smallest absolute Gasteiger partial charge is 0.314 e. The Morgan fingerprint density at radius 2 is 1.92 bits per heavy atom. The van der Waals surface area contributed by atoms with E-state index >= 15 is 0 Å². The highest BCUT2D eigenvalue weighted by Gasteiger charge is 2.28. The Morgan fingerprint density at radius 1 is 1.25 bits per heavy atom. The number of nitrogens with two attached hydrogens (primary N) is 1. The van der Waals surface area contributed by atoms with Crippen LogP contribution in [0.25, 0.3) is 0 Å². The molecule has 6 heteroatoms. The highest BCUT2D eigenvalue weighted by molar-refractivity contribution is 7.99. The number of rotatable bonds is 5. The minimum atomic E-state index is -0.446. The number of thioether (sulfide) groups is 1. The van der Waals surface area contributed by atoms with Crippen molar-refractivity contribution in [3.05, 3.63) is 29.8 Å². The maximum absolute atomic E-state index is 12.5. The lowest BCUT2D eigenvalue weighted by atomic mass is 9.96. The van der Waals surface area contributed by atoms with Gasteiger partial charge in [-0.2, -0.15) is 0 Å². The van der Waals surface area contributed by atoms with E-state index in [1.165, 1.54) is 4.90 Å². The molecule has 0 saturated carbocycles. The molecule has 5 nitrogen and oxygen atoms in total. The van der Waals surface area contributed by atoms with E-state index in [1.54, 1.807) is 4.90 Å². The van der Waals surface area contributed by atoms with Crippen LogP contribution in [0.3, 0.4) is 0 Å². The van der Waals surface area contributed by atoms with Crippen LogP contribution < -0.4 is 11.1 Å². The second-order valence-electron chi connectivity index (χ2n) is 6.59. The predicted molar refractivity (Wildman–Crippen MR) is 97.9 cm³/mol. The third kappa shape index (κ3) is 5.16. The van der Waals surface area contributed by atoms with Crippen molar-refractivity contribution in [2.24, 2.45) is 11.7 Å². The SMILES string of the molecule is CC(C)Sc1ccc([C@H](C)NC(=O)[C@@H]2CCCN(C(N)=O)C2)cc1. The maximum atomic E-state index is 12.5. The summed E-state index contributed by atoms with van der Waals surface area (Å²) in [5.41, 5.74) is 6.41. The fourth-order valence-electron chi connectivity index (χ4n) is 2.91. The number of hydrogen-bond acceptors (Lipinski definition) is 3. The largest absolute Gasteiger partial charge is 0.351 e. The fraction of sp³-hybridized carbons (Fsp3) is 0.556. The van der Waals surface area contributed by atoms with Crippen LogP contribution in [0.4, 0.5) is 4.79 Å². The lowest BCUT2D eigenvalue weighted by Crippen LogP contribution is -2.47. The van der Waals surface area contributed by atoms with Gasteiger partial charge < -0.3 is 16.0 Å². The molecule has 1 aromatic carbocycles. The Morgan fingerprint density at radius 3 is 2.50 bits per heavy atom. The predicted octanol–water partition coefficient (Wildman–Crippen LogP) is 3.16. The molecule has 24 heavy (non-hydrogen) atoms. The fourth-order valence-corrected chi connectivity index (χ4v) is 3.75. The molecule has 1 aromatic rings. The van der Waals surface area contributed by atoms with Gasteiger partial charge in [0.15, 0.2) is 0 Å². The van der Waals surface area contributed by atoms with E-state index < -0.39 is 6.03 Å². The molecule has 0 unspecified atom stereocenters. The molecule has 1 heterocycles. The van der Waals surface area contributed by atoms with Gasteiger partial charge in [0.1, 0.15) is 0 Å². The van der Waals surface area contributed by atoms with Gasteiger partial charge in [-0.3, -0.25) is 4.79 Å². The summed E-state index contributed by atoms with van der Waals surface area (Å²) in [6.45, 7) is 7.38. The number of hydrogen-bond donors (Lipinski definition) is 2. The highest BCUT2D eigenvalue weighted by Crippen LogP contribution is 2.25. The summed E-state index contributed by atoms with van der Waals surface area (Å²) < 4.78 is 0. The standard InChI is InChI=1S/C18H27N3O2S/c1-12(2)24-16-8-6-14(7-9-16)13(3)20-17(22)15-5-4-10-21(11-15)18(19)23/h6-9,12-13,15H,4-5,10-11H2,1-3H3,(H2,19,23)(H,20,22)/t13-,15+/m0/s1. The molecule has 3 amide bonds. The second kappa shape index (κ2) is 8.42. The van der Waals surface area contributed by atoms with E-state index in [1.807, 2.05) is 18.7 Å². The Labute approximate surface area is 148 Å². The third-order valence-electron chi connectivity index (χ3n) is 4.21. The van der Waals surface area contributed by atoms with Crippen LogP contribution in [0.15, 0.2) is 29.2 Å². The molecule has 132 valence electrons. The molecular formula is C18H27N3O2S. The van der Waals surface area contributed by atoms with Gasteiger partial charge >= 0.3 is 6.03 Å². The zero-order chi connectivity index (χ0) is 17.7. The normalized spacial score (nSPS) is 19.2. The molecule has 2 atom stereocenters. The Balaban J connectivity index is 1.92. The first kappa shape index (κ1) is 18.6. The minimum Gasteiger partial charge on any atom is -0.351 e. The van der Waals surface area contributed by atoms with Gasteiger partial charge in [0, 0.05) is 23.2 Å². The third-order valence-corrected chi connectivity index (χ3v) is 5.23. The van der Waals surface area contributed by atoms with E-state index in [9.17, 15) is 9.59 Å². The van der Waals surface area contributed by atoms with Gasteiger partial charge in [-0.05, 0) is 37.5 Å². The molecule has 0 aliphatic carbocycles. The van der Waals surface area contributed by atoms with Gasteiger partial charge in [0.2, 0.25) is 5.91 Å². The first-order chi connectivity index (χ1) is 11.4. The van der Waals surface area contributed by atoms with Crippen LogP contribution >= 0.6 is 11.8 Å². The zero-order valence-corrected chi connectivity index (χ0v) is 15.4. The zero-order valence-electron chi connectivity index (χ0n) is 14.6. The molecule has 0 spiro atoms. The number of amides is 3. The number of benzene rings is 1. The molecule has 3 N–H and O–H groups in total. The van der Waals surface area contributed by atoms with Crippen LogP contribution in [-0.4, -0.2) is 35.2 Å². The van der Waals surface area contributed by atoms with Crippen molar-refractivity contribution in [1.82, 2.24) is 10.2 Å². The number of nitrogens with zero attached hydrogens (tertiary/aromatic N) is 1. The molecule has 2 rings (SSSR count). The number of piperidine rings is 1. The lowest BCUT2D eigenvalue weighted by Gasteiger charge is -2.31. The summed E-state index contributed by atoms with van der Waals surface area (Å²) in [6.07, 6.45) is 1.61. The van der Waals surface area contributed by atoms with Crippen LogP contribution in [0.2, 0.25) is 0 Å². The van der Waals surface area contributed by atoms with E-state index in [-0.39, 0.29) is 17.9 Å². The quantitative estimate of drug-likeness (QED) is 0.802. The number of likely N-dealkylation sites (tertiary alicyclic amines) is 1. The summed E-state index contributed by atoms with van der Waals surface area (Å²) in [6, 6.07) is 7.81. The number of urea groups is 1. The molecule has 0 bridgehead atoms. The Bertz CT molecular complexity index is 574. The average molecular weight is 350 g/mol. The molecule has 0 aromatic heterocycles. The van der Waals surface area contributed by atoms with Crippen molar-refractivity contribution in [2.75, 3.05) is 13.1 Å². The summed E-state index contributed by atoms with van der Waals surface area (Å²) in [4.78, 5) is 26.5. The minimum absolute atomic E-state index is 0.00548. The molecule has 1 aliphatic heterocycles. The molecule has 0 radical (unpaired) electrons. The van der Waals surface area contributed by atoms with E-state index in [0.29, 0.717) is 18.3 Å². The Kier molecular flexibility index (Phi) is 6.54. The van der Waals surface area contributed by atoms with Crippen molar-refractivity contribution in [3.8, 4) is 0 Å². The van der Waals surface area contributed by atoms with Gasteiger partial charge in [-0.1, -0.05) is 26.0 Å². The monoisotopic (exact) mass is 349 g/mol. The highest BCUT2D eigenvalue weighted by atomic mass is 32.2. The van der Waals surface area contributed by atoms with Crippen molar-refractivity contribution in [3.63, 3.8) is 0 Å². The molecule has 1 saturated heterocycles. The van der Waals surface area contributed by atoms with Crippen LogP contribution in [0.1, 0.15) is 45.2 Å². The van der Waals surface area contributed by atoms with E-state index in [2.05, 4.69) is 43.4 Å². The van der Waals surface area contributed by atoms with E-state index in [4.69, 9.17) is 5.73 Å². The lowest BCUT2D eigenvalue weighted by molar-refractivity contribution is -0.126. The van der Waals surface area contributed by atoms with Crippen molar-refractivity contribution < 1.29 is 9.59 Å². The first-order valence-corrected chi connectivity index (χ1v) is 9.36. The number of carbonyl (C=O) groups excluding carboxylic acids is 2. The number of nitrogens with one attached hydrogen (secondary N) is 1. The second-order valence-corrected chi connectivity index (χ2v) is 8.24. The molecular weight excluding hydrogens is 322 g/mol. The van der Waals surface area contributed by atoms with Crippen LogP contribution in [0, 0.1) is 5.92 Å². The first-order valence-electron chi connectivity index (χ1n) is 8.48. The van der Waals surface area contributed by atoms with Gasteiger partial charge in [-0.25, -0.2) is 4.79 Å². The van der Waals surface area contributed by atoms with Gasteiger partial charge in [0.25, 0.3) is 0 Å². The summed E-state index contributed by atoms with van der Waals surface area (Å²) >= 11 is 1.82. The van der Waals surface area contributed by atoms with E-state index in [0.717, 1.165) is 18.4 Å². The number of carbonyl (C=O) groups is 2. The van der Waals surface area contributed by atoms with Gasteiger partial charge in [0.05, 0.1) is 12.0 Å². The summed E-state index contributed by atoms with van der Waals surface area (Å²) in [5, 5.41) is 3.61. The van der Waals surface area contributed by atoms with Crippen LogP contribution in [0.5, 0.6) is 0 Å².